The predicted molar refractivity (Wildman–Crippen MR) is 56.5 cm³/mol. The zero-order valence-corrected chi connectivity index (χ0v) is 6.77. The minimum atomic E-state index is 0. The summed E-state index contributed by atoms with van der Waals surface area (Å²) in [6, 6.07) is 10.2. The van der Waals surface area contributed by atoms with Crippen LogP contribution in [0.25, 0.3) is 0 Å². The standard InChI is InChI=1S/C8H11N.BH3.3FH/c1-7(9)8-5-3-2-4-6-8;;;;/h2-7H,9H2,1H3;1H3;3*1H. The Kier molecular flexibility index (Phi) is 19.3. The summed E-state index contributed by atoms with van der Waals surface area (Å²) in [4.78, 5) is 0. The quantitative estimate of drug-likeness (QED) is 0.664. The largest absolute Gasteiger partial charge is 0.324 e. The van der Waals surface area contributed by atoms with E-state index in [4.69, 9.17) is 5.73 Å². The minimum absolute atomic E-state index is 0. The molecule has 0 aliphatic heterocycles. The molecule has 0 saturated heterocycles. The van der Waals surface area contributed by atoms with Crippen LogP contribution in [0.5, 0.6) is 0 Å². The van der Waals surface area contributed by atoms with Crippen molar-refractivity contribution in [1.29, 1.82) is 0 Å². The molecule has 0 aromatic heterocycles. The van der Waals surface area contributed by atoms with Crippen molar-refractivity contribution in [2.24, 2.45) is 5.73 Å². The predicted octanol–water partition coefficient (Wildman–Crippen LogP) is 0.980. The van der Waals surface area contributed by atoms with Crippen LogP contribution < -0.4 is 5.73 Å². The Morgan fingerprint density at radius 1 is 1.00 bits per heavy atom. The van der Waals surface area contributed by atoms with Crippen LogP contribution in [0.2, 0.25) is 0 Å². The summed E-state index contributed by atoms with van der Waals surface area (Å²) in [5.74, 6) is 0. The second-order valence-electron chi connectivity index (χ2n) is 2.20. The van der Waals surface area contributed by atoms with Crippen LogP contribution in [-0.2, 0) is 0 Å². The Balaban J connectivity index is -0.000000101. The van der Waals surface area contributed by atoms with Crippen LogP contribution in [0, 0.1) is 0 Å². The lowest BCUT2D eigenvalue weighted by atomic mass is 10.1. The van der Waals surface area contributed by atoms with E-state index in [9.17, 15) is 0 Å². The summed E-state index contributed by atoms with van der Waals surface area (Å²) < 4.78 is 0. The molecule has 0 radical (unpaired) electrons. The van der Waals surface area contributed by atoms with E-state index in [0.29, 0.717) is 0 Å². The van der Waals surface area contributed by atoms with Crippen molar-refractivity contribution < 1.29 is 14.1 Å². The average molecular weight is 195 g/mol. The van der Waals surface area contributed by atoms with Gasteiger partial charge in [-0.1, -0.05) is 30.3 Å². The molecule has 0 heterocycles. The number of hydrogen-bond acceptors (Lipinski definition) is 1. The molecule has 0 aliphatic rings. The molecular formula is C8H17BF3N. The van der Waals surface area contributed by atoms with E-state index in [-0.39, 0.29) is 28.6 Å². The molecule has 1 unspecified atom stereocenters. The zero-order chi connectivity index (χ0) is 6.69. The van der Waals surface area contributed by atoms with Crippen LogP contribution in [-0.4, -0.2) is 8.41 Å². The van der Waals surface area contributed by atoms with Crippen LogP contribution >= 0.6 is 0 Å². The topological polar surface area (TPSA) is 26.0 Å². The Bertz CT molecular complexity index is 182. The first-order valence-electron chi connectivity index (χ1n) is 3.11. The summed E-state index contributed by atoms with van der Waals surface area (Å²) in [6.45, 7) is 1.98. The van der Waals surface area contributed by atoms with Gasteiger partial charge in [-0.05, 0) is 12.5 Å². The second kappa shape index (κ2) is 11.0. The van der Waals surface area contributed by atoms with Crippen LogP contribution in [0.15, 0.2) is 30.3 Å². The molecule has 0 spiro atoms. The molecular weight excluding hydrogens is 178 g/mol. The lowest BCUT2D eigenvalue weighted by Crippen LogP contribution is -2.03. The van der Waals surface area contributed by atoms with Crippen molar-refractivity contribution in [3.63, 3.8) is 0 Å². The summed E-state index contributed by atoms with van der Waals surface area (Å²) in [5, 5.41) is 0. The van der Waals surface area contributed by atoms with Gasteiger partial charge in [-0.3, -0.25) is 14.1 Å². The number of hydrogen-bond donors (Lipinski definition) is 1. The number of rotatable bonds is 1. The smallest absolute Gasteiger partial charge is 0.0814 e. The molecule has 0 amide bonds. The van der Waals surface area contributed by atoms with Gasteiger partial charge in [0.25, 0.3) is 0 Å². The van der Waals surface area contributed by atoms with Gasteiger partial charge in [-0.25, -0.2) is 0 Å². The molecule has 0 saturated carbocycles. The van der Waals surface area contributed by atoms with Crippen LogP contribution in [0.3, 0.4) is 0 Å². The maximum Gasteiger partial charge on any atom is 0.0814 e. The molecule has 1 aromatic rings. The maximum absolute atomic E-state index is 5.61. The molecule has 1 aromatic carbocycles. The third kappa shape index (κ3) is 7.40. The van der Waals surface area contributed by atoms with Gasteiger partial charge in [0.15, 0.2) is 0 Å². The van der Waals surface area contributed by atoms with Gasteiger partial charge in [-0.2, -0.15) is 0 Å². The monoisotopic (exact) mass is 195 g/mol. The van der Waals surface area contributed by atoms with Crippen LogP contribution in [0.4, 0.5) is 14.1 Å². The second-order valence-corrected chi connectivity index (χ2v) is 2.20. The first-order valence-corrected chi connectivity index (χ1v) is 3.11. The third-order valence-electron chi connectivity index (χ3n) is 1.33. The normalized spacial score (nSPS) is 9.08. The van der Waals surface area contributed by atoms with Crippen molar-refractivity contribution in [1.82, 2.24) is 0 Å². The van der Waals surface area contributed by atoms with Gasteiger partial charge >= 0.3 is 0 Å². The highest BCUT2D eigenvalue weighted by molar-refractivity contribution is 5.75. The van der Waals surface area contributed by atoms with Gasteiger partial charge in [0.05, 0.1) is 8.41 Å². The molecule has 0 fully saturated rings. The van der Waals surface area contributed by atoms with Gasteiger partial charge < -0.3 is 5.73 Å². The molecule has 1 rings (SSSR count). The number of nitrogens with two attached hydrogens (primary N) is 1. The molecule has 1 nitrogen and oxygen atoms in total. The molecule has 1 atom stereocenters. The minimum Gasteiger partial charge on any atom is -0.324 e. The lowest BCUT2D eigenvalue weighted by Gasteiger charge is -2.02. The van der Waals surface area contributed by atoms with Crippen molar-refractivity contribution in [2.75, 3.05) is 0 Å². The highest BCUT2D eigenvalue weighted by Gasteiger charge is 1.93. The number of benzene rings is 1. The molecule has 13 heavy (non-hydrogen) atoms. The molecule has 5 heteroatoms. The highest BCUT2D eigenvalue weighted by Crippen LogP contribution is 2.06. The van der Waals surface area contributed by atoms with Gasteiger partial charge in [-0.15, -0.1) is 0 Å². The summed E-state index contributed by atoms with van der Waals surface area (Å²) in [5.41, 5.74) is 6.81. The summed E-state index contributed by atoms with van der Waals surface area (Å²) in [6.07, 6.45) is 0. The first-order chi connectivity index (χ1) is 4.30. The summed E-state index contributed by atoms with van der Waals surface area (Å²) in [7, 11) is 0. The van der Waals surface area contributed by atoms with E-state index in [1.165, 1.54) is 5.56 Å². The lowest BCUT2D eigenvalue weighted by molar-refractivity contribution is 0.818. The Morgan fingerprint density at radius 3 is 1.62 bits per heavy atom. The van der Waals surface area contributed by atoms with Crippen LogP contribution in [0.1, 0.15) is 18.5 Å². The van der Waals surface area contributed by atoms with E-state index < -0.39 is 0 Å². The highest BCUT2D eigenvalue weighted by atomic mass is 19.0. The fourth-order valence-electron chi connectivity index (χ4n) is 0.757. The van der Waals surface area contributed by atoms with E-state index in [2.05, 4.69) is 0 Å². The van der Waals surface area contributed by atoms with E-state index in [1.807, 2.05) is 37.3 Å². The molecule has 78 valence electrons. The fourth-order valence-corrected chi connectivity index (χ4v) is 0.757. The molecule has 2 N–H and O–H groups in total. The first kappa shape index (κ1) is 22.7. The van der Waals surface area contributed by atoms with E-state index in [0.717, 1.165) is 0 Å². The molecule has 0 bridgehead atoms. The molecule has 0 aliphatic carbocycles. The maximum atomic E-state index is 5.61. The van der Waals surface area contributed by atoms with Gasteiger partial charge in [0.2, 0.25) is 0 Å². The van der Waals surface area contributed by atoms with Crippen molar-refractivity contribution in [3.8, 4) is 0 Å². The van der Waals surface area contributed by atoms with Crippen molar-refractivity contribution >= 4 is 8.41 Å². The summed E-state index contributed by atoms with van der Waals surface area (Å²) >= 11 is 0. The Hall–Kier alpha value is -0.965. The zero-order valence-electron chi connectivity index (χ0n) is 6.77. The SMILES string of the molecule is B.CC(N)c1ccccc1.F.F.F. The average Bonchev–Trinajstić information content (AvgIpc) is 1.90. The fraction of sp³-hybridized carbons (Fsp3) is 0.250. The van der Waals surface area contributed by atoms with Gasteiger partial charge in [0.1, 0.15) is 0 Å². The van der Waals surface area contributed by atoms with Crippen molar-refractivity contribution in [3.05, 3.63) is 35.9 Å². The Morgan fingerprint density at radius 2 is 1.38 bits per heavy atom. The van der Waals surface area contributed by atoms with E-state index >= 15 is 0 Å². The van der Waals surface area contributed by atoms with E-state index in [1.54, 1.807) is 0 Å². The Labute approximate surface area is 78.0 Å². The van der Waals surface area contributed by atoms with Crippen molar-refractivity contribution in [2.45, 2.75) is 13.0 Å². The number of halogens is 3. The van der Waals surface area contributed by atoms with Gasteiger partial charge in [0, 0.05) is 6.04 Å². The third-order valence-corrected chi connectivity index (χ3v) is 1.33.